The fraction of sp³-hybridized carbons (Fsp3) is 0.516. The standard InChI is InChI=1S/C31H38N4O3/c36-30-29(32-20-21-12-14-22(15-13-21)31(37)38)33-27-10-6-7-11-28(27)35(30)26-18-24-16-17-25(19-26)34(24)23-8-4-2-1-3-5-9-23/h6-7,10-15,23-26H,1-5,8-9,16-20H2,(H,32,33)(H,37,38)/t24-,25+,26?. The van der Waals surface area contributed by atoms with Gasteiger partial charge in [0.15, 0.2) is 5.82 Å². The quantitative estimate of drug-likeness (QED) is 0.420. The number of hydrogen-bond acceptors (Lipinski definition) is 5. The van der Waals surface area contributed by atoms with Crippen LogP contribution in [0.4, 0.5) is 5.82 Å². The number of fused-ring (bicyclic) bond motifs is 3. The summed E-state index contributed by atoms with van der Waals surface area (Å²) in [6.07, 6.45) is 14.0. The van der Waals surface area contributed by atoms with Crippen LogP contribution in [0.5, 0.6) is 0 Å². The maximum absolute atomic E-state index is 13.9. The maximum atomic E-state index is 13.9. The number of carboxylic acids is 1. The summed E-state index contributed by atoms with van der Waals surface area (Å²) >= 11 is 0. The highest BCUT2D eigenvalue weighted by atomic mass is 16.4. The van der Waals surface area contributed by atoms with E-state index in [0.717, 1.165) is 29.4 Å². The summed E-state index contributed by atoms with van der Waals surface area (Å²) in [5, 5.41) is 12.4. The van der Waals surface area contributed by atoms with E-state index in [1.165, 1.54) is 57.8 Å². The first-order valence-corrected chi connectivity index (χ1v) is 14.4. The van der Waals surface area contributed by atoms with Crippen molar-refractivity contribution in [2.45, 2.75) is 101 Å². The van der Waals surface area contributed by atoms with Crippen molar-refractivity contribution >= 4 is 22.8 Å². The Hall–Kier alpha value is -3.19. The third kappa shape index (κ3) is 4.96. The van der Waals surface area contributed by atoms with Crippen molar-refractivity contribution in [1.82, 2.24) is 14.5 Å². The van der Waals surface area contributed by atoms with E-state index in [1.54, 1.807) is 24.3 Å². The Kier molecular flexibility index (Phi) is 7.20. The molecule has 38 heavy (non-hydrogen) atoms. The van der Waals surface area contributed by atoms with Crippen LogP contribution < -0.4 is 10.9 Å². The Labute approximate surface area is 223 Å². The second-order valence-electron chi connectivity index (χ2n) is 11.4. The predicted octanol–water partition coefficient (Wildman–Crippen LogP) is 5.99. The largest absolute Gasteiger partial charge is 0.478 e. The van der Waals surface area contributed by atoms with Crippen molar-refractivity contribution in [2.24, 2.45) is 0 Å². The highest BCUT2D eigenvalue weighted by molar-refractivity contribution is 5.87. The molecule has 1 saturated carbocycles. The molecule has 3 atom stereocenters. The zero-order valence-electron chi connectivity index (χ0n) is 22.0. The van der Waals surface area contributed by atoms with Gasteiger partial charge < -0.3 is 15.0 Å². The molecule has 2 aliphatic heterocycles. The molecule has 2 aromatic carbocycles. The molecule has 7 nitrogen and oxygen atoms in total. The summed E-state index contributed by atoms with van der Waals surface area (Å²) in [7, 11) is 0. The van der Waals surface area contributed by atoms with Gasteiger partial charge in [-0.2, -0.15) is 0 Å². The number of hydrogen-bond donors (Lipinski definition) is 2. The molecule has 2 saturated heterocycles. The first kappa shape index (κ1) is 25.1. The lowest BCUT2D eigenvalue weighted by Gasteiger charge is -2.45. The molecule has 3 aliphatic rings. The lowest BCUT2D eigenvalue weighted by Crippen LogP contribution is -2.50. The van der Waals surface area contributed by atoms with Crippen molar-refractivity contribution in [3.63, 3.8) is 0 Å². The number of rotatable bonds is 6. The number of aromatic carboxylic acids is 1. The molecule has 7 heteroatoms. The minimum absolute atomic E-state index is 0.0605. The molecule has 6 rings (SSSR count). The summed E-state index contributed by atoms with van der Waals surface area (Å²) in [6.45, 7) is 0.409. The molecule has 0 radical (unpaired) electrons. The van der Waals surface area contributed by atoms with Crippen molar-refractivity contribution in [3.8, 4) is 0 Å². The highest BCUT2D eigenvalue weighted by Crippen LogP contribution is 2.44. The van der Waals surface area contributed by atoms with Gasteiger partial charge >= 0.3 is 5.97 Å². The van der Waals surface area contributed by atoms with E-state index >= 15 is 0 Å². The van der Waals surface area contributed by atoms with Crippen molar-refractivity contribution in [2.75, 3.05) is 5.32 Å². The first-order valence-electron chi connectivity index (χ1n) is 14.4. The Morgan fingerprint density at radius 1 is 0.842 bits per heavy atom. The number of anilines is 1. The van der Waals surface area contributed by atoms with Crippen LogP contribution in [0.15, 0.2) is 53.3 Å². The van der Waals surface area contributed by atoms with Crippen LogP contribution in [0.2, 0.25) is 0 Å². The smallest absolute Gasteiger partial charge is 0.335 e. The Bertz CT molecular complexity index is 1330. The zero-order chi connectivity index (χ0) is 26.1. The lowest BCUT2D eigenvalue weighted by molar-refractivity contribution is 0.0498. The fourth-order valence-corrected chi connectivity index (χ4v) is 7.31. The van der Waals surface area contributed by atoms with E-state index in [2.05, 4.69) is 10.2 Å². The topological polar surface area (TPSA) is 87.5 Å². The van der Waals surface area contributed by atoms with E-state index in [0.29, 0.717) is 30.5 Å². The second kappa shape index (κ2) is 10.9. The molecular formula is C31H38N4O3. The van der Waals surface area contributed by atoms with Gasteiger partial charge in [-0.25, -0.2) is 9.78 Å². The SMILES string of the molecule is O=C(O)c1ccc(CNc2nc3ccccc3n(C3C[C@H]4CC[C@@H](C3)N4C3CCCCCCC3)c2=O)cc1. The second-order valence-corrected chi connectivity index (χ2v) is 11.4. The monoisotopic (exact) mass is 514 g/mol. The average Bonchev–Trinajstić information content (AvgIpc) is 3.16. The van der Waals surface area contributed by atoms with Gasteiger partial charge in [0.05, 0.1) is 16.6 Å². The van der Waals surface area contributed by atoms with Crippen LogP contribution in [0.3, 0.4) is 0 Å². The molecular weight excluding hydrogens is 476 g/mol. The number of nitrogens with zero attached hydrogens (tertiary/aromatic N) is 3. The average molecular weight is 515 g/mol. The minimum atomic E-state index is -0.946. The van der Waals surface area contributed by atoms with Crippen LogP contribution >= 0.6 is 0 Å². The number of para-hydroxylation sites is 2. The van der Waals surface area contributed by atoms with Crippen LogP contribution in [-0.2, 0) is 6.54 Å². The number of carboxylic acid groups (broad SMARTS) is 1. The summed E-state index contributed by atoms with van der Waals surface area (Å²) in [6, 6.07) is 16.7. The van der Waals surface area contributed by atoms with Crippen molar-refractivity contribution in [1.29, 1.82) is 0 Å². The van der Waals surface area contributed by atoms with E-state index in [4.69, 9.17) is 10.1 Å². The number of carbonyl (C=O) groups is 1. The van der Waals surface area contributed by atoms with Gasteiger partial charge in [-0.05, 0) is 68.4 Å². The summed E-state index contributed by atoms with van der Waals surface area (Å²) in [5.41, 5.74) is 2.83. The molecule has 0 amide bonds. The molecule has 1 unspecified atom stereocenters. The third-order valence-electron chi connectivity index (χ3n) is 9.08. The van der Waals surface area contributed by atoms with Gasteiger partial charge in [0.2, 0.25) is 0 Å². The molecule has 3 fully saturated rings. The molecule has 0 spiro atoms. The Balaban J connectivity index is 1.26. The van der Waals surface area contributed by atoms with E-state index < -0.39 is 5.97 Å². The maximum Gasteiger partial charge on any atom is 0.335 e. The molecule has 1 aliphatic carbocycles. The molecule has 2 bridgehead atoms. The van der Waals surface area contributed by atoms with Crippen LogP contribution in [-0.4, -0.2) is 43.7 Å². The van der Waals surface area contributed by atoms with Crippen molar-refractivity contribution in [3.05, 3.63) is 70.0 Å². The van der Waals surface area contributed by atoms with Crippen LogP contribution in [0, 0.1) is 0 Å². The summed E-state index contributed by atoms with van der Waals surface area (Å²) in [4.78, 5) is 32.6. The zero-order valence-corrected chi connectivity index (χ0v) is 22.0. The van der Waals surface area contributed by atoms with Crippen LogP contribution in [0.1, 0.15) is 92.6 Å². The van der Waals surface area contributed by atoms with E-state index in [-0.39, 0.29) is 17.2 Å². The van der Waals surface area contributed by atoms with Gasteiger partial charge in [0.25, 0.3) is 5.56 Å². The minimum Gasteiger partial charge on any atom is -0.478 e. The third-order valence-corrected chi connectivity index (χ3v) is 9.08. The Morgan fingerprint density at radius 2 is 1.50 bits per heavy atom. The molecule has 200 valence electrons. The number of piperidine rings is 1. The van der Waals surface area contributed by atoms with E-state index in [9.17, 15) is 9.59 Å². The molecule has 3 aromatic rings. The molecule has 1 aromatic heterocycles. The van der Waals surface area contributed by atoms with Gasteiger partial charge in [0.1, 0.15) is 0 Å². The van der Waals surface area contributed by atoms with Gasteiger partial charge in [0, 0.05) is 30.7 Å². The molecule has 2 N–H and O–H groups in total. The summed E-state index contributed by atoms with van der Waals surface area (Å²) in [5.74, 6) is -0.584. The fourth-order valence-electron chi connectivity index (χ4n) is 7.31. The number of nitrogens with one attached hydrogen (secondary N) is 1. The summed E-state index contributed by atoms with van der Waals surface area (Å²) < 4.78 is 2.03. The van der Waals surface area contributed by atoms with Crippen molar-refractivity contribution < 1.29 is 9.90 Å². The predicted molar refractivity (Wildman–Crippen MR) is 150 cm³/mol. The van der Waals surface area contributed by atoms with E-state index in [1.807, 2.05) is 28.8 Å². The first-order chi connectivity index (χ1) is 18.6. The lowest BCUT2D eigenvalue weighted by atomic mass is 9.89. The van der Waals surface area contributed by atoms with Gasteiger partial charge in [-0.3, -0.25) is 9.69 Å². The Morgan fingerprint density at radius 3 is 2.18 bits per heavy atom. The highest BCUT2D eigenvalue weighted by Gasteiger charge is 2.44. The van der Waals surface area contributed by atoms with Gasteiger partial charge in [-0.1, -0.05) is 56.4 Å². The molecule has 3 heterocycles. The number of benzene rings is 2. The normalized spacial score (nSPS) is 24.7. The van der Waals surface area contributed by atoms with Crippen LogP contribution in [0.25, 0.3) is 11.0 Å². The number of aromatic nitrogens is 2. The van der Waals surface area contributed by atoms with Gasteiger partial charge in [-0.15, -0.1) is 0 Å².